The number of aromatic nitrogens is 2. The van der Waals surface area contributed by atoms with Gasteiger partial charge in [0.25, 0.3) is 5.56 Å². The third kappa shape index (κ3) is 3.72. The summed E-state index contributed by atoms with van der Waals surface area (Å²) in [6.45, 7) is -0.496. The van der Waals surface area contributed by atoms with Crippen LogP contribution in [0.1, 0.15) is 23.8 Å². The molecule has 0 spiro atoms. The highest BCUT2D eigenvalue weighted by molar-refractivity contribution is 5.22. The van der Waals surface area contributed by atoms with Gasteiger partial charge in [0, 0.05) is 24.6 Å². The molecule has 1 aromatic carbocycles. The largest absolute Gasteiger partial charge is 0.394 e. The molecule has 1 saturated heterocycles. The van der Waals surface area contributed by atoms with E-state index in [9.17, 15) is 24.9 Å². The first-order valence-corrected chi connectivity index (χ1v) is 8.00. The highest BCUT2D eigenvalue weighted by Crippen LogP contribution is 2.26. The Morgan fingerprint density at radius 1 is 1.20 bits per heavy atom. The molecule has 0 saturated carbocycles. The molecule has 1 aromatic heterocycles. The first-order chi connectivity index (χ1) is 12.0. The smallest absolute Gasteiger partial charge is 0.330 e. The van der Waals surface area contributed by atoms with Crippen LogP contribution in [-0.4, -0.2) is 49.8 Å². The molecule has 0 radical (unpaired) electrons. The second-order valence-electron chi connectivity index (χ2n) is 6.09. The normalized spacial score (nSPS) is 26.5. The fourth-order valence-corrected chi connectivity index (χ4v) is 2.94. The summed E-state index contributed by atoms with van der Waals surface area (Å²) in [5.74, 6) is 0. The molecule has 4 atom stereocenters. The molecule has 0 bridgehead atoms. The second kappa shape index (κ2) is 7.32. The van der Waals surface area contributed by atoms with E-state index in [-0.39, 0.29) is 6.42 Å². The number of hydrogen-bond donors (Lipinski definition) is 4. The van der Waals surface area contributed by atoms with Gasteiger partial charge in [0.15, 0.2) is 0 Å². The molecular weight excluding hydrogens is 328 g/mol. The second-order valence-corrected chi connectivity index (χ2v) is 6.09. The van der Waals surface area contributed by atoms with E-state index >= 15 is 0 Å². The van der Waals surface area contributed by atoms with E-state index in [0.717, 1.165) is 5.56 Å². The van der Waals surface area contributed by atoms with Crippen LogP contribution in [0.2, 0.25) is 0 Å². The zero-order valence-corrected chi connectivity index (χ0v) is 13.4. The number of nitrogens with zero attached hydrogens (tertiary/aromatic N) is 1. The lowest BCUT2D eigenvalue weighted by atomic mass is 10.0. The zero-order chi connectivity index (χ0) is 18.0. The number of nitrogens with one attached hydrogen (secondary N) is 1. The van der Waals surface area contributed by atoms with Gasteiger partial charge in [-0.2, -0.15) is 0 Å². The number of aliphatic hydroxyl groups is 3. The van der Waals surface area contributed by atoms with Crippen LogP contribution in [0.5, 0.6) is 0 Å². The average molecular weight is 348 g/mol. The summed E-state index contributed by atoms with van der Waals surface area (Å²) < 4.78 is 6.69. The molecule has 2 aromatic rings. The monoisotopic (exact) mass is 348 g/mol. The Bertz CT molecular complexity index is 831. The standard InChI is InChI=1S/C17H20N2O6/c20-9-13-15(22)12(21)7-14(25-13)19-8-11(16(23)18-17(19)24)6-10-4-2-1-3-5-10/h1-5,8,12-15,20-22H,6-7,9H2,(H,18,23,24)/t12-,13-,14+,15+/m1/s1. The molecule has 8 nitrogen and oxygen atoms in total. The van der Waals surface area contributed by atoms with Gasteiger partial charge in [-0.3, -0.25) is 14.3 Å². The molecule has 1 aliphatic heterocycles. The van der Waals surface area contributed by atoms with E-state index in [4.69, 9.17) is 4.74 Å². The van der Waals surface area contributed by atoms with E-state index in [0.29, 0.717) is 12.0 Å². The van der Waals surface area contributed by atoms with E-state index in [2.05, 4.69) is 4.98 Å². The third-order valence-electron chi connectivity index (χ3n) is 4.32. The fraction of sp³-hybridized carbons (Fsp3) is 0.412. The quantitative estimate of drug-likeness (QED) is 0.569. The van der Waals surface area contributed by atoms with Gasteiger partial charge in [-0.25, -0.2) is 4.79 Å². The number of H-pyrrole nitrogens is 1. The van der Waals surface area contributed by atoms with Crippen LogP contribution in [0, 0.1) is 0 Å². The van der Waals surface area contributed by atoms with Crippen molar-refractivity contribution in [1.29, 1.82) is 0 Å². The molecule has 0 aliphatic carbocycles. The van der Waals surface area contributed by atoms with Crippen molar-refractivity contribution in [2.45, 2.75) is 37.4 Å². The fourth-order valence-electron chi connectivity index (χ4n) is 2.94. The number of aromatic amines is 1. The van der Waals surface area contributed by atoms with Crippen molar-refractivity contribution in [3.63, 3.8) is 0 Å². The minimum Gasteiger partial charge on any atom is -0.394 e. The molecule has 8 heteroatoms. The highest BCUT2D eigenvalue weighted by Gasteiger charge is 2.37. The maximum atomic E-state index is 12.1. The predicted octanol–water partition coefficient (Wildman–Crippen LogP) is -0.871. The molecule has 0 amide bonds. The number of aliphatic hydroxyl groups excluding tert-OH is 3. The first kappa shape index (κ1) is 17.6. The summed E-state index contributed by atoms with van der Waals surface area (Å²) in [5, 5.41) is 29.0. The first-order valence-electron chi connectivity index (χ1n) is 8.00. The number of hydrogen-bond acceptors (Lipinski definition) is 6. The van der Waals surface area contributed by atoms with Gasteiger partial charge in [0.2, 0.25) is 0 Å². The maximum Gasteiger partial charge on any atom is 0.330 e. The van der Waals surface area contributed by atoms with Gasteiger partial charge < -0.3 is 20.1 Å². The summed E-state index contributed by atoms with van der Waals surface area (Å²) in [6, 6.07) is 9.31. The van der Waals surface area contributed by atoms with Crippen molar-refractivity contribution in [1.82, 2.24) is 9.55 Å². The molecular formula is C17H20N2O6. The van der Waals surface area contributed by atoms with Crippen molar-refractivity contribution in [2.24, 2.45) is 0 Å². The summed E-state index contributed by atoms with van der Waals surface area (Å²) in [7, 11) is 0. The molecule has 134 valence electrons. The van der Waals surface area contributed by atoms with Gasteiger partial charge >= 0.3 is 5.69 Å². The summed E-state index contributed by atoms with van der Waals surface area (Å²) in [5.41, 5.74) is 0.120. The van der Waals surface area contributed by atoms with Gasteiger partial charge in [-0.1, -0.05) is 30.3 Å². The lowest BCUT2D eigenvalue weighted by Crippen LogP contribution is -2.50. The van der Waals surface area contributed by atoms with Crippen LogP contribution in [0.25, 0.3) is 0 Å². The number of ether oxygens (including phenoxy) is 1. The van der Waals surface area contributed by atoms with E-state index in [1.54, 1.807) is 0 Å². The Hall–Kier alpha value is -2.26. The maximum absolute atomic E-state index is 12.1. The van der Waals surface area contributed by atoms with Gasteiger partial charge in [0.1, 0.15) is 18.4 Å². The van der Waals surface area contributed by atoms with Gasteiger partial charge in [-0.05, 0) is 5.56 Å². The molecule has 2 heterocycles. The van der Waals surface area contributed by atoms with Crippen molar-refractivity contribution >= 4 is 0 Å². The Balaban J connectivity index is 1.93. The minimum absolute atomic E-state index is 0.0333. The molecule has 4 N–H and O–H groups in total. The Labute approximate surface area is 143 Å². The molecule has 1 fully saturated rings. The lowest BCUT2D eigenvalue weighted by molar-refractivity contribution is -0.202. The molecule has 0 unspecified atom stereocenters. The van der Waals surface area contributed by atoms with Crippen molar-refractivity contribution in [3.8, 4) is 0 Å². The van der Waals surface area contributed by atoms with Crippen LogP contribution < -0.4 is 11.2 Å². The zero-order valence-electron chi connectivity index (χ0n) is 13.4. The topological polar surface area (TPSA) is 125 Å². The molecule has 3 rings (SSSR count). The summed E-state index contributed by atoms with van der Waals surface area (Å²) in [4.78, 5) is 26.5. The van der Waals surface area contributed by atoms with E-state index in [1.165, 1.54) is 10.8 Å². The molecule has 1 aliphatic rings. The molecule has 25 heavy (non-hydrogen) atoms. The third-order valence-corrected chi connectivity index (χ3v) is 4.32. The minimum atomic E-state index is -1.23. The highest BCUT2D eigenvalue weighted by atomic mass is 16.5. The van der Waals surface area contributed by atoms with Crippen LogP contribution in [0.3, 0.4) is 0 Å². The van der Waals surface area contributed by atoms with E-state index < -0.39 is 42.4 Å². The Kier molecular flexibility index (Phi) is 5.14. The van der Waals surface area contributed by atoms with Crippen LogP contribution in [0.4, 0.5) is 0 Å². The summed E-state index contributed by atoms with van der Waals surface area (Å²) in [6.07, 6.45) is -2.58. The Morgan fingerprint density at radius 3 is 2.60 bits per heavy atom. The van der Waals surface area contributed by atoms with Crippen LogP contribution >= 0.6 is 0 Å². The average Bonchev–Trinajstić information content (AvgIpc) is 2.60. The van der Waals surface area contributed by atoms with Crippen molar-refractivity contribution < 1.29 is 20.1 Å². The predicted molar refractivity (Wildman–Crippen MR) is 88.2 cm³/mol. The number of rotatable bonds is 4. The summed E-state index contributed by atoms with van der Waals surface area (Å²) >= 11 is 0. The SMILES string of the molecule is O=c1[nH]c(=O)n([C@@H]2C[C@@H](O)[C@H](O)[C@@H](CO)O2)cc1Cc1ccccc1. The van der Waals surface area contributed by atoms with Crippen LogP contribution in [-0.2, 0) is 11.2 Å². The number of benzene rings is 1. The van der Waals surface area contributed by atoms with Crippen LogP contribution in [0.15, 0.2) is 46.1 Å². The van der Waals surface area contributed by atoms with E-state index in [1.807, 2.05) is 30.3 Å². The lowest BCUT2D eigenvalue weighted by Gasteiger charge is -2.36. The van der Waals surface area contributed by atoms with Crippen molar-refractivity contribution in [3.05, 3.63) is 68.5 Å². The van der Waals surface area contributed by atoms with Crippen molar-refractivity contribution in [2.75, 3.05) is 6.61 Å². The Morgan fingerprint density at radius 2 is 1.92 bits per heavy atom. The van der Waals surface area contributed by atoms with Gasteiger partial charge in [0.05, 0.1) is 12.7 Å². The van der Waals surface area contributed by atoms with Gasteiger partial charge in [-0.15, -0.1) is 0 Å².